The second-order valence-electron chi connectivity index (χ2n) is 5.63. The Morgan fingerprint density at radius 3 is 3.00 bits per heavy atom. The molecule has 7 nitrogen and oxygen atoms in total. The van der Waals surface area contributed by atoms with Gasteiger partial charge in [-0.15, -0.1) is 0 Å². The highest BCUT2D eigenvalue weighted by molar-refractivity contribution is 5.78. The van der Waals surface area contributed by atoms with Crippen LogP contribution in [0.2, 0.25) is 0 Å². The van der Waals surface area contributed by atoms with Gasteiger partial charge in [0.25, 0.3) is 0 Å². The molecule has 1 aromatic rings. The third-order valence-electron chi connectivity index (χ3n) is 4.34. The molecule has 0 aliphatic carbocycles. The average Bonchev–Trinajstić information content (AvgIpc) is 2.93. The highest BCUT2D eigenvalue weighted by Crippen LogP contribution is 2.34. The molecule has 1 amide bonds. The van der Waals surface area contributed by atoms with Crippen molar-refractivity contribution in [3.05, 3.63) is 28.4 Å². The highest BCUT2D eigenvalue weighted by Gasteiger charge is 2.37. The molecule has 7 heteroatoms. The van der Waals surface area contributed by atoms with Crippen molar-refractivity contribution in [3.63, 3.8) is 0 Å². The highest BCUT2D eigenvalue weighted by atomic mass is 16.6. The number of pyridine rings is 1. The van der Waals surface area contributed by atoms with E-state index in [9.17, 15) is 14.9 Å². The normalized spacial score (nSPS) is 25.7. The number of hydrogen-bond donors (Lipinski definition) is 1. The molecule has 0 saturated carbocycles. The lowest BCUT2D eigenvalue weighted by Gasteiger charge is -2.39. The van der Waals surface area contributed by atoms with Gasteiger partial charge in [-0.05, 0) is 25.3 Å². The average molecular weight is 290 g/mol. The van der Waals surface area contributed by atoms with Crippen molar-refractivity contribution in [2.75, 3.05) is 18.0 Å². The van der Waals surface area contributed by atoms with Crippen molar-refractivity contribution >= 4 is 17.4 Å². The van der Waals surface area contributed by atoms with E-state index in [1.807, 2.05) is 4.90 Å². The van der Waals surface area contributed by atoms with Gasteiger partial charge >= 0.3 is 5.69 Å². The first-order valence-corrected chi connectivity index (χ1v) is 7.29. The Bertz CT molecular complexity index is 563. The summed E-state index contributed by atoms with van der Waals surface area (Å²) in [5.41, 5.74) is 0.0432. The first-order chi connectivity index (χ1) is 10.2. The Balaban J connectivity index is 1.91. The Hall–Kier alpha value is -2.18. The summed E-state index contributed by atoms with van der Waals surface area (Å²) in [6, 6.07) is 3.22. The number of carbonyl (C=O) groups is 1. The Morgan fingerprint density at radius 2 is 2.29 bits per heavy atom. The number of carbonyl (C=O) groups excluding carboxylic acids is 1. The van der Waals surface area contributed by atoms with Gasteiger partial charge in [-0.1, -0.05) is 0 Å². The van der Waals surface area contributed by atoms with E-state index >= 15 is 0 Å². The van der Waals surface area contributed by atoms with Crippen LogP contribution in [0.5, 0.6) is 0 Å². The summed E-state index contributed by atoms with van der Waals surface area (Å²) in [6.07, 6.45) is 5.13. The molecule has 2 atom stereocenters. The van der Waals surface area contributed by atoms with E-state index in [1.165, 1.54) is 6.07 Å². The van der Waals surface area contributed by atoms with Crippen LogP contribution < -0.4 is 10.2 Å². The van der Waals surface area contributed by atoms with Crippen LogP contribution in [-0.4, -0.2) is 34.9 Å². The van der Waals surface area contributed by atoms with Crippen molar-refractivity contribution in [2.45, 2.75) is 31.7 Å². The molecule has 0 bridgehead atoms. The molecule has 2 saturated heterocycles. The zero-order chi connectivity index (χ0) is 14.8. The van der Waals surface area contributed by atoms with Gasteiger partial charge in [0.2, 0.25) is 11.7 Å². The summed E-state index contributed by atoms with van der Waals surface area (Å²) in [5, 5.41) is 14.1. The summed E-state index contributed by atoms with van der Waals surface area (Å²) in [5.74, 6) is 0.715. The van der Waals surface area contributed by atoms with Gasteiger partial charge in [0, 0.05) is 43.7 Å². The van der Waals surface area contributed by atoms with Crippen LogP contribution in [0.1, 0.15) is 25.7 Å². The summed E-state index contributed by atoms with van der Waals surface area (Å²) in [6.45, 7) is 1.41. The van der Waals surface area contributed by atoms with Gasteiger partial charge in [-0.25, -0.2) is 4.98 Å². The number of hydrogen-bond acceptors (Lipinski definition) is 5. The summed E-state index contributed by atoms with van der Waals surface area (Å²) in [7, 11) is 0. The van der Waals surface area contributed by atoms with Gasteiger partial charge in [0.15, 0.2) is 0 Å². The number of amides is 1. The molecular weight excluding hydrogens is 272 g/mol. The van der Waals surface area contributed by atoms with Crippen molar-refractivity contribution in [2.24, 2.45) is 5.92 Å². The third-order valence-corrected chi connectivity index (χ3v) is 4.34. The van der Waals surface area contributed by atoms with Gasteiger partial charge in [-0.3, -0.25) is 14.9 Å². The van der Waals surface area contributed by atoms with Gasteiger partial charge in [0.05, 0.1) is 4.92 Å². The van der Waals surface area contributed by atoms with Crippen LogP contribution in [0.3, 0.4) is 0 Å². The first-order valence-electron chi connectivity index (χ1n) is 7.29. The molecule has 3 heterocycles. The Morgan fingerprint density at radius 1 is 1.43 bits per heavy atom. The first kappa shape index (κ1) is 13.8. The van der Waals surface area contributed by atoms with Gasteiger partial charge < -0.3 is 10.2 Å². The zero-order valence-electron chi connectivity index (χ0n) is 11.7. The summed E-state index contributed by atoms with van der Waals surface area (Å²) < 4.78 is 0. The molecule has 2 fully saturated rings. The van der Waals surface area contributed by atoms with Crippen LogP contribution in [0.25, 0.3) is 0 Å². The van der Waals surface area contributed by atoms with Crippen molar-refractivity contribution in [3.8, 4) is 0 Å². The zero-order valence-corrected chi connectivity index (χ0v) is 11.7. The molecule has 21 heavy (non-hydrogen) atoms. The maximum absolute atomic E-state index is 11.5. The molecule has 1 aromatic heterocycles. The molecule has 2 aliphatic heterocycles. The van der Waals surface area contributed by atoms with E-state index in [-0.39, 0.29) is 28.5 Å². The lowest BCUT2D eigenvalue weighted by Crippen LogP contribution is -2.45. The number of nitrogens with zero attached hydrogens (tertiary/aromatic N) is 3. The number of piperidine rings is 1. The van der Waals surface area contributed by atoms with Crippen LogP contribution in [0.15, 0.2) is 18.3 Å². The largest absolute Gasteiger partial charge is 0.356 e. The number of nitro groups is 1. The molecule has 0 radical (unpaired) electrons. The van der Waals surface area contributed by atoms with Crippen molar-refractivity contribution in [1.82, 2.24) is 10.3 Å². The predicted molar refractivity (Wildman–Crippen MR) is 77.0 cm³/mol. The monoisotopic (exact) mass is 290 g/mol. The van der Waals surface area contributed by atoms with E-state index in [2.05, 4.69) is 10.3 Å². The smallest absolute Gasteiger partial charge is 0.311 e. The van der Waals surface area contributed by atoms with Crippen LogP contribution >= 0.6 is 0 Å². The molecule has 2 unspecified atom stereocenters. The lowest BCUT2D eigenvalue weighted by molar-refractivity contribution is -0.384. The fourth-order valence-corrected chi connectivity index (χ4v) is 3.36. The van der Waals surface area contributed by atoms with Gasteiger partial charge in [0.1, 0.15) is 0 Å². The van der Waals surface area contributed by atoms with Gasteiger partial charge in [-0.2, -0.15) is 0 Å². The lowest BCUT2D eigenvalue weighted by atomic mass is 9.89. The van der Waals surface area contributed by atoms with Crippen molar-refractivity contribution in [1.29, 1.82) is 0 Å². The topological polar surface area (TPSA) is 88.4 Å². The number of aromatic nitrogens is 1. The van der Waals surface area contributed by atoms with Crippen LogP contribution in [0, 0.1) is 16.0 Å². The summed E-state index contributed by atoms with van der Waals surface area (Å²) >= 11 is 0. The molecular formula is C14H18N4O3. The Kier molecular flexibility index (Phi) is 3.72. The van der Waals surface area contributed by atoms with Crippen LogP contribution in [-0.2, 0) is 4.79 Å². The maximum atomic E-state index is 11.5. The predicted octanol–water partition coefficient (Wildman–Crippen LogP) is 1.48. The number of rotatable bonds is 3. The molecule has 0 spiro atoms. The standard InChI is InChI=1S/C14H18N4O3/c19-13-8-10(9-16-13)11-4-1-2-7-17(11)14-12(18(20)21)5-3-6-15-14/h3,5-6,10-11H,1-2,4,7-9H2,(H,16,19). The molecule has 3 rings (SSSR count). The second kappa shape index (κ2) is 5.67. The number of anilines is 1. The second-order valence-corrected chi connectivity index (χ2v) is 5.63. The van der Waals surface area contributed by atoms with Crippen LogP contribution in [0.4, 0.5) is 11.5 Å². The molecule has 0 aromatic carbocycles. The third kappa shape index (κ3) is 2.68. The van der Waals surface area contributed by atoms with Crippen molar-refractivity contribution < 1.29 is 9.72 Å². The number of nitrogens with one attached hydrogen (secondary N) is 1. The summed E-state index contributed by atoms with van der Waals surface area (Å²) in [4.78, 5) is 28.6. The van der Waals surface area contributed by atoms with E-state index in [0.29, 0.717) is 18.8 Å². The van der Waals surface area contributed by atoms with E-state index in [1.54, 1.807) is 12.3 Å². The minimum Gasteiger partial charge on any atom is -0.356 e. The molecule has 1 N–H and O–H groups in total. The quantitative estimate of drug-likeness (QED) is 0.673. The van der Waals surface area contributed by atoms with E-state index in [0.717, 1.165) is 25.8 Å². The molecule has 112 valence electrons. The van der Waals surface area contributed by atoms with E-state index < -0.39 is 0 Å². The minimum atomic E-state index is -0.383. The SMILES string of the molecule is O=C1CC(C2CCCCN2c2ncccc2[N+](=O)[O-])CN1. The Labute approximate surface area is 122 Å². The molecule has 2 aliphatic rings. The fraction of sp³-hybridized carbons (Fsp3) is 0.571. The maximum Gasteiger partial charge on any atom is 0.311 e. The van der Waals surface area contributed by atoms with E-state index in [4.69, 9.17) is 0 Å². The fourth-order valence-electron chi connectivity index (χ4n) is 3.36. The minimum absolute atomic E-state index is 0.0432.